The van der Waals surface area contributed by atoms with Gasteiger partial charge in [-0.15, -0.1) is 46.7 Å². The topological polar surface area (TPSA) is 69.5 Å². The van der Waals surface area contributed by atoms with Gasteiger partial charge in [-0.25, -0.2) is 15.0 Å². The second-order valence-corrected chi connectivity index (χ2v) is 9.00. The van der Waals surface area contributed by atoms with E-state index in [9.17, 15) is 0 Å². The predicted molar refractivity (Wildman–Crippen MR) is 136 cm³/mol. The Hall–Kier alpha value is -1.79. The Balaban J connectivity index is 0.00000256. The molecule has 4 heterocycles. The zero-order valence-corrected chi connectivity index (χ0v) is 21.1. The number of piperazine rings is 1. The molecule has 0 saturated carbocycles. The average molecular weight is 556 g/mol. The Bertz CT molecular complexity index is 949. The molecule has 0 unspecified atom stereocenters. The molecule has 30 heavy (non-hydrogen) atoms. The molecule has 3 aromatic heterocycles. The fourth-order valence-electron chi connectivity index (χ4n) is 3.33. The van der Waals surface area contributed by atoms with Crippen LogP contribution in [0.5, 0.6) is 0 Å². The van der Waals surface area contributed by atoms with Gasteiger partial charge in [0.25, 0.3) is 0 Å². The van der Waals surface area contributed by atoms with E-state index in [0.717, 1.165) is 61.8 Å². The van der Waals surface area contributed by atoms with Gasteiger partial charge in [0.05, 0.1) is 15.6 Å². The minimum absolute atomic E-state index is 0. The van der Waals surface area contributed by atoms with Crippen LogP contribution in [0.3, 0.4) is 0 Å². The summed E-state index contributed by atoms with van der Waals surface area (Å²) in [5.74, 6) is 1.77. The molecule has 0 radical (unpaired) electrons. The Morgan fingerprint density at radius 2 is 1.93 bits per heavy atom. The van der Waals surface area contributed by atoms with E-state index in [1.54, 1.807) is 23.7 Å². The maximum atomic E-state index is 4.58. The van der Waals surface area contributed by atoms with Gasteiger partial charge in [0.2, 0.25) is 5.95 Å². The molecule has 0 amide bonds. The molecule has 0 spiro atoms. The predicted octanol–water partition coefficient (Wildman–Crippen LogP) is 3.53. The smallest absolute Gasteiger partial charge is 0.225 e. The quantitative estimate of drug-likeness (QED) is 0.295. The van der Waals surface area contributed by atoms with Gasteiger partial charge < -0.3 is 15.1 Å². The van der Waals surface area contributed by atoms with Crippen LogP contribution in [0.4, 0.5) is 5.95 Å². The number of aryl methyl sites for hydroxylation is 1. The van der Waals surface area contributed by atoms with Crippen molar-refractivity contribution in [1.82, 2.24) is 25.2 Å². The SMILES string of the molecule is CN=C(NCCc1ccc(-c2csc(C)n2)s1)N1CCN(c2ncccn2)CC1.I. The van der Waals surface area contributed by atoms with Crippen molar-refractivity contribution in [2.24, 2.45) is 4.99 Å². The van der Waals surface area contributed by atoms with Crippen molar-refractivity contribution in [3.63, 3.8) is 0 Å². The van der Waals surface area contributed by atoms with Crippen LogP contribution in [0, 0.1) is 6.92 Å². The van der Waals surface area contributed by atoms with E-state index in [2.05, 4.69) is 52.6 Å². The first-order chi connectivity index (χ1) is 14.2. The van der Waals surface area contributed by atoms with Crippen molar-refractivity contribution in [1.29, 1.82) is 0 Å². The zero-order chi connectivity index (χ0) is 20.1. The lowest BCUT2D eigenvalue weighted by atomic mass is 10.3. The van der Waals surface area contributed by atoms with Crippen LogP contribution < -0.4 is 10.2 Å². The molecule has 10 heteroatoms. The third-order valence-corrected chi connectivity index (χ3v) is 6.75. The minimum atomic E-state index is 0. The van der Waals surface area contributed by atoms with Crippen molar-refractivity contribution in [3.8, 4) is 10.6 Å². The van der Waals surface area contributed by atoms with Crippen LogP contribution in [0.2, 0.25) is 0 Å². The Kier molecular flexibility index (Phi) is 8.40. The summed E-state index contributed by atoms with van der Waals surface area (Å²) in [5.41, 5.74) is 1.09. The number of aromatic nitrogens is 3. The number of anilines is 1. The lowest BCUT2D eigenvalue weighted by Gasteiger charge is -2.36. The maximum absolute atomic E-state index is 4.58. The van der Waals surface area contributed by atoms with E-state index in [0.29, 0.717) is 0 Å². The molecular formula is C20H26IN7S2. The van der Waals surface area contributed by atoms with E-state index >= 15 is 0 Å². The highest BCUT2D eigenvalue weighted by atomic mass is 127. The fraction of sp³-hybridized carbons (Fsp3) is 0.400. The van der Waals surface area contributed by atoms with Crippen molar-refractivity contribution in [2.45, 2.75) is 13.3 Å². The van der Waals surface area contributed by atoms with Gasteiger partial charge >= 0.3 is 0 Å². The van der Waals surface area contributed by atoms with Crippen molar-refractivity contribution in [3.05, 3.63) is 45.9 Å². The monoisotopic (exact) mass is 555 g/mol. The third-order valence-electron chi connectivity index (χ3n) is 4.81. The van der Waals surface area contributed by atoms with Crippen LogP contribution in [-0.2, 0) is 6.42 Å². The molecule has 1 aliphatic rings. The third kappa shape index (κ3) is 5.67. The fourth-order valence-corrected chi connectivity index (χ4v) is 4.98. The van der Waals surface area contributed by atoms with E-state index in [-0.39, 0.29) is 24.0 Å². The molecule has 4 rings (SSSR count). The molecule has 0 bridgehead atoms. The highest BCUT2D eigenvalue weighted by Crippen LogP contribution is 2.29. The highest BCUT2D eigenvalue weighted by Gasteiger charge is 2.21. The summed E-state index contributed by atoms with van der Waals surface area (Å²) in [5, 5.41) is 6.76. The van der Waals surface area contributed by atoms with Gasteiger partial charge in [0.1, 0.15) is 0 Å². The average Bonchev–Trinajstić information content (AvgIpc) is 3.41. The number of nitrogens with one attached hydrogen (secondary N) is 1. The Labute approximate surface area is 202 Å². The Morgan fingerprint density at radius 3 is 2.60 bits per heavy atom. The standard InChI is InChI=1S/C20H25N7S2.HI/c1-15-25-17(14-28-15)18-5-4-16(29-18)6-9-24-19(21-2)26-10-12-27(13-11-26)20-22-7-3-8-23-20;/h3-5,7-8,14H,6,9-13H2,1-2H3,(H,21,24);1H. The van der Waals surface area contributed by atoms with E-state index < -0.39 is 0 Å². The van der Waals surface area contributed by atoms with Gasteiger partial charge in [-0.2, -0.15) is 0 Å². The van der Waals surface area contributed by atoms with Gasteiger partial charge in [-0.05, 0) is 31.5 Å². The first-order valence-electron chi connectivity index (χ1n) is 9.71. The highest BCUT2D eigenvalue weighted by molar-refractivity contribution is 14.0. The minimum Gasteiger partial charge on any atom is -0.356 e. The summed E-state index contributed by atoms with van der Waals surface area (Å²) in [6, 6.07) is 6.23. The van der Waals surface area contributed by atoms with Gasteiger partial charge in [0.15, 0.2) is 5.96 Å². The van der Waals surface area contributed by atoms with Crippen LogP contribution in [0.25, 0.3) is 10.6 Å². The molecular weight excluding hydrogens is 529 g/mol. The number of rotatable bonds is 5. The molecule has 160 valence electrons. The Morgan fingerprint density at radius 1 is 1.17 bits per heavy atom. The number of hydrogen-bond acceptors (Lipinski definition) is 7. The summed E-state index contributed by atoms with van der Waals surface area (Å²) in [6.07, 6.45) is 4.56. The number of thiazole rings is 1. The van der Waals surface area contributed by atoms with Crippen molar-refractivity contribution < 1.29 is 0 Å². The van der Waals surface area contributed by atoms with Crippen molar-refractivity contribution >= 4 is 58.6 Å². The van der Waals surface area contributed by atoms with Crippen LogP contribution in [0.15, 0.2) is 41.0 Å². The van der Waals surface area contributed by atoms with Gasteiger partial charge in [0, 0.05) is 62.4 Å². The molecule has 1 fully saturated rings. The van der Waals surface area contributed by atoms with E-state index in [1.165, 1.54) is 9.75 Å². The molecule has 7 nitrogen and oxygen atoms in total. The number of nitrogens with zero attached hydrogens (tertiary/aromatic N) is 6. The molecule has 0 aliphatic carbocycles. The lowest BCUT2D eigenvalue weighted by molar-refractivity contribution is 0.370. The summed E-state index contributed by atoms with van der Waals surface area (Å²) < 4.78 is 0. The van der Waals surface area contributed by atoms with E-state index in [4.69, 9.17) is 0 Å². The number of guanidine groups is 1. The first-order valence-corrected chi connectivity index (χ1v) is 11.4. The summed E-state index contributed by atoms with van der Waals surface area (Å²) in [7, 11) is 1.85. The normalized spacial score (nSPS) is 14.5. The second-order valence-electron chi connectivity index (χ2n) is 6.76. The van der Waals surface area contributed by atoms with Crippen LogP contribution >= 0.6 is 46.7 Å². The molecule has 1 N–H and O–H groups in total. The van der Waals surface area contributed by atoms with Crippen molar-refractivity contribution in [2.75, 3.05) is 44.7 Å². The van der Waals surface area contributed by atoms with Crippen LogP contribution in [0.1, 0.15) is 9.88 Å². The number of hydrogen-bond donors (Lipinski definition) is 1. The molecule has 0 aromatic carbocycles. The summed E-state index contributed by atoms with van der Waals surface area (Å²) in [4.78, 5) is 24.9. The lowest BCUT2D eigenvalue weighted by Crippen LogP contribution is -2.53. The summed E-state index contributed by atoms with van der Waals surface area (Å²) in [6.45, 7) is 6.52. The second kappa shape index (κ2) is 11.0. The zero-order valence-electron chi connectivity index (χ0n) is 17.1. The maximum Gasteiger partial charge on any atom is 0.225 e. The van der Waals surface area contributed by atoms with Gasteiger partial charge in [-0.3, -0.25) is 4.99 Å². The largest absolute Gasteiger partial charge is 0.356 e. The van der Waals surface area contributed by atoms with Gasteiger partial charge in [-0.1, -0.05) is 0 Å². The molecule has 1 aliphatic heterocycles. The van der Waals surface area contributed by atoms with E-state index in [1.807, 2.05) is 31.4 Å². The number of aliphatic imine (C=N–C) groups is 1. The first kappa shape index (κ1) is 22.9. The number of thiophene rings is 1. The molecule has 1 saturated heterocycles. The molecule has 3 aromatic rings. The van der Waals surface area contributed by atoms with Crippen LogP contribution in [-0.4, -0.2) is 65.6 Å². The number of halogens is 1. The molecule has 0 atom stereocenters. The summed E-state index contributed by atoms with van der Waals surface area (Å²) >= 11 is 3.52.